The second-order valence-corrected chi connectivity index (χ2v) is 4.55. The van der Waals surface area contributed by atoms with E-state index in [1.165, 1.54) is 0 Å². The smallest absolute Gasteiger partial charge is 0.157 e. The minimum atomic E-state index is 0.448. The summed E-state index contributed by atoms with van der Waals surface area (Å²) in [6.45, 7) is 0.955. The number of imidazole rings is 1. The number of nitrogens with zero attached hydrogens (tertiary/aromatic N) is 4. The van der Waals surface area contributed by atoms with Gasteiger partial charge in [-0.3, -0.25) is 0 Å². The standard InChI is InChI=1S/C15H16N4O3/c1-20-7-8-22-14-9-11(21-2)3-4-12(14)13-10-19-15(17-13)5-6-16-18-19/h3-6,9-10H,7-8H2,1-2H3. The molecule has 0 aliphatic heterocycles. The molecule has 2 heterocycles. The summed E-state index contributed by atoms with van der Waals surface area (Å²) in [5.41, 5.74) is 2.35. The van der Waals surface area contributed by atoms with Gasteiger partial charge in [0, 0.05) is 24.8 Å². The van der Waals surface area contributed by atoms with Crippen LogP contribution in [-0.4, -0.2) is 47.2 Å². The number of methoxy groups -OCH3 is 2. The lowest BCUT2D eigenvalue weighted by atomic mass is 10.1. The van der Waals surface area contributed by atoms with Crippen LogP contribution in [0.15, 0.2) is 36.7 Å². The molecule has 7 heteroatoms. The molecule has 3 aromatic rings. The van der Waals surface area contributed by atoms with Gasteiger partial charge in [0.25, 0.3) is 0 Å². The molecule has 0 bridgehead atoms. The normalized spacial score (nSPS) is 10.8. The molecule has 0 aliphatic rings. The number of fused-ring (bicyclic) bond motifs is 1. The third kappa shape index (κ3) is 2.84. The van der Waals surface area contributed by atoms with Crippen LogP contribution in [0.25, 0.3) is 16.9 Å². The molecule has 0 aliphatic carbocycles. The van der Waals surface area contributed by atoms with Gasteiger partial charge in [0.15, 0.2) is 5.65 Å². The van der Waals surface area contributed by atoms with Gasteiger partial charge in [-0.15, -0.1) is 5.10 Å². The molecular formula is C15H16N4O3. The van der Waals surface area contributed by atoms with E-state index in [0.29, 0.717) is 19.0 Å². The number of hydrogen-bond donors (Lipinski definition) is 0. The van der Waals surface area contributed by atoms with Crippen LogP contribution in [0.5, 0.6) is 11.5 Å². The summed E-state index contributed by atoms with van der Waals surface area (Å²) in [5.74, 6) is 1.41. The van der Waals surface area contributed by atoms with Crippen LogP contribution < -0.4 is 9.47 Å². The Hall–Kier alpha value is -2.67. The molecule has 22 heavy (non-hydrogen) atoms. The lowest BCUT2D eigenvalue weighted by Crippen LogP contribution is -2.05. The second kappa shape index (κ2) is 6.40. The summed E-state index contributed by atoms with van der Waals surface area (Å²) >= 11 is 0. The van der Waals surface area contributed by atoms with Gasteiger partial charge >= 0.3 is 0 Å². The molecule has 0 N–H and O–H groups in total. The Morgan fingerprint density at radius 1 is 1.14 bits per heavy atom. The molecule has 114 valence electrons. The van der Waals surface area contributed by atoms with E-state index in [-0.39, 0.29) is 0 Å². The van der Waals surface area contributed by atoms with E-state index in [2.05, 4.69) is 15.3 Å². The van der Waals surface area contributed by atoms with Crippen molar-refractivity contribution in [3.05, 3.63) is 36.7 Å². The fourth-order valence-corrected chi connectivity index (χ4v) is 2.08. The number of hydrogen-bond acceptors (Lipinski definition) is 6. The van der Waals surface area contributed by atoms with Crippen molar-refractivity contribution in [3.63, 3.8) is 0 Å². The quantitative estimate of drug-likeness (QED) is 0.647. The molecule has 1 aromatic carbocycles. The third-order valence-corrected chi connectivity index (χ3v) is 3.16. The zero-order valence-corrected chi connectivity index (χ0v) is 12.4. The van der Waals surface area contributed by atoms with Crippen molar-refractivity contribution < 1.29 is 14.2 Å². The predicted octanol–water partition coefficient (Wildman–Crippen LogP) is 1.83. The first-order valence-corrected chi connectivity index (χ1v) is 6.79. The summed E-state index contributed by atoms with van der Waals surface area (Å²) in [5, 5.41) is 7.82. The van der Waals surface area contributed by atoms with E-state index in [1.807, 2.05) is 24.4 Å². The summed E-state index contributed by atoms with van der Waals surface area (Å²) < 4.78 is 17.7. The molecule has 0 radical (unpaired) electrons. The monoisotopic (exact) mass is 300 g/mol. The molecule has 2 aromatic heterocycles. The van der Waals surface area contributed by atoms with Crippen molar-refractivity contribution in [1.82, 2.24) is 19.8 Å². The summed E-state index contributed by atoms with van der Waals surface area (Å²) in [6.07, 6.45) is 3.42. The summed E-state index contributed by atoms with van der Waals surface area (Å²) in [4.78, 5) is 4.54. The van der Waals surface area contributed by atoms with Crippen molar-refractivity contribution in [2.75, 3.05) is 27.4 Å². The Labute approximate surface area is 127 Å². The zero-order chi connectivity index (χ0) is 15.4. The molecule has 0 fully saturated rings. The molecule has 0 spiro atoms. The van der Waals surface area contributed by atoms with E-state index < -0.39 is 0 Å². The van der Waals surface area contributed by atoms with Gasteiger partial charge in [0.05, 0.1) is 31.8 Å². The molecule has 7 nitrogen and oxygen atoms in total. The van der Waals surface area contributed by atoms with Crippen LogP contribution in [-0.2, 0) is 4.74 Å². The van der Waals surface area contributed by atoms with Crippen molar-refractivity contribution in [1.29, 1.82) is 0 Å². The minimum absolute atomic E-state index is 0.448. The Kier molecular flexibility index (Phi) is 4.15. The van der Waals surface area contributed by atoms with Crippen LogP contribution in [0.1, 0.15) is 0 Å². The average Bonchev–Trinajstić information content (AvgIpc) is 2.98. The third-order valence-electron chi connectivity index (χ3n) is 3.16. The average molecular weight is 300 g/mol. The Balaban J connectivity index is 2.00. The predicted molar refractivity (Wildman–Crippen MR) is 80.1 cm³/mol. The number of aromatic nitrogens is 4. The topological polar surface area (TPSA) is 70.8 Å². The van der Waals surface area contributed by atoms with E-state index in [9.17, 15) is 0 Å². The SMILES string of the molecule is COCCOc1cc(OC)ccc1-c1cn2nnccc2n1. The number of benzene rings is 1. The second-order valence-electron chi connectivity index (χ2n) is 4.55. The number of rotatable bonds is 6. The summed E-state index contributed by atoms with van der Waals surface area (Å²) in [7, 11) is 3.26. The zero-order valence-electron chi connectivity index (χ0n) is 12.4. The first-order chi connectivity index (χ1) is 10.8. The maximum Gasteiger partial charge on any atom is 0.157 e. The molecule has 0 amide bonds. The largest absolute Gasteiger partial charge is 0.497 e. The maximum absolute atomic E-state index is 5.78. The van der Waals surface area contributed by atoms with Gasteiger partial charge in [0.2, 0.25) is 0 Å². The van der Waals surface area contributed by atoms with Gasteiger partial charge in [-0.25, -0.2) is 9.50 Å². The lowest BCUT2D eigenvalue weighted by molar-refractivity contribution is 0.146. The van der Waals surface area contributed by atoms with Crippen molar-refractivity contribution in [3.8, 4) is 22.8 Å². The molecule has 0 unspecified atom stereocenters. The van der Waals surface area contributed by atoms with Crippen molar-refractivity contribution >= 4 is 5.65 Å². The molecule has 3 rings (SSSR count). The Morgan fingerprint density at radius 2 is 2.05 bits per heavy atom. The first kappa shape index (κ1) is 14.3. The fourth-order valence-electron chi connectivity index (χ4n) is 2.08. The maximum atomic E-state index is 5.78. The first-order valence-electron chi connectivity index (χ1n) is 6.79. The van der Waals surface area contributed by atoms with Crippen LogP contribution in [0.2, 0.25) is 0 Å². The van der Waals surface area contributed by atoms with E-state index in [0.717, 1.165) is 22.7 Å². The Morgan fingerprint density at radius 3 is 2.82 bits per heavy atom. The van der Waals surface area contributed by atoms with Gasteiger partial charge < -0.3 is 14.2 Å². The molecule has 0 atom stereocenters. The van der Waals surface area contributed by atoms with Crippen LogP contribution in [0.4, 0.5) is 0 Å². The minimum Gasteiger partial charge on any atom is -0.497 e. The van der Waals surface area contributed by atoms with Crippen molar-refractivity contribution in [2.24, 2.45) is 0 Å². The van der Waals surface area contributed by atoms with E-state index in [1.54, 1.807) is 31.0 Å². The van der Waals surface area contributed by atoms with E-state index >= 15 is 0 Å². The van der Waals surface area contributed by atoms with Crippen LogP contribution in [0.3, 0.4) is 0 Å². The van der Waals surface area contributed by atoms with Crippen LogP contribution in [0, 0.1) is 0 Å². The highest BCUT2D eigenvalue weighted by atomic mass is 16.5. The highest BCUT2D eigenvalue weighted by Gasteiger charge is 2.12. The van der Waals surface area contributed by atoms with Gasteiger partial charge in [-0.2, -0.15) is 0 Å². The van der Waals surface area contributed by atoms with E-state index in [4.69, 9.17) is 14.2 Å². The van der Waals surface area contributed by atoms with Gasteiger partial charge in [-0.05, 0) is 12.1 Å². The van der Waals surface area contributed by atoms with Gasteiger partial charge in [0.1, 0.15) is 18.1 Å². The molecule has 0 saturated heterocycles. The summed E-state index contributed by atoms with van der Waals surface area (Å²) in [6, 6.07) is 7.41. The highest BCUT2D eigenvalue weighted by Crippen LogP contribution is 2.32. The van der Waals surface area contributed by atoms with Gasteiger partial charge in [-0.1, -0.05) is 5.21 Å². The lowest BCUT2D eigenvalue weighted by Gasteiger charge is -2.11. The molecule has 0 saturated carbocycles. The highest BCUT2D eigenvalue weighted by molar-refractivity contribution is 5.70. The number of ether oxygens (including phenoxy) is 3. The molecular weight excluding hydrogens is 284 g/mol. The Bertz CT molecular complexity index is 739. The van der Waals surface area contributed by atoms with Crippen LogP contribution >= 0.6 is 0 Å². The fraction of sp³-hybridized carbons (Fsp3) is 0.267. The van der Waals surface area contributed by atoms with Crippen molar-refractivity contribution in [2.45, 2.75) is 0 Å².